The van der Waals surface area contributed by atoms with Gasteiger partial charge in [0.1, 0.15) is 3.69 Å². The molecule has 1 heterocycles. The first kappa shape index (κ1) is 11.6. The highest BCUT2D eigenvalue weighted by Crippen LogP contribution is 2.16. The maximum absolute atomic E-state index is 11.3. The van der Waals surface area contributed by atoms with Crippen LogP contribution in [0.15, 0.2) is 21.8 Å². The molecule has 0 aromatic carbocycles. The van der Waals surface area contributed by atoms with Crippen molar-refractivity contribution in [1.82, 2.24) is 0 Å². The first-order valence-electron chi connectivity index (χ1n) is 4.46. The van der Waals surface area contributed by atoms with E-state index in [0.29, 0.717) is 18.8 Å². The zero-order chi connectivity index (χ0) is 10.4. The fourth-order valence-corrected chi connectivity index (χ4v) is 2.84. The van der Waals surface area contributed by atoms with Crippen molar-refractivity contribution in [3.8, 4) is 0 Å². The summed E-state index contributed by atoms with van der Waals surface area (Å²) in [4.78, 5) is 11.3. The minimum absolute atomic E-state index is 0.190. The SMILES string of the molecule is CCOC(=O)C1=CC(OCC)=IC=C1. The molecule has 3 nitrogen and oxygen atoms in total. The highest BCUT2D eigenvalue weighted by Gasteiger charge is 2.10. The lowest BCUT2D eigenvalue weighted by Crippen LogP contribution is -2.10. The van der Waals surface area contributed by atoms with Crippen LogP contribution in [0.1, 0.15) is 13.8 Å². The first-order chi connectivity index (χ1) is 6.77. The highest BCUT2D eigenvalue weighted by atomic mass is 127. The predicted molar refractivity (Wildman–Crippen MR) is 64.5 cm³/mol. The molecular weight excluding hydrogens is 295 g/mol. The van der Waals surface area contributed by atoms with Crippen LogP contribution in [-0.2, 0) is 14.3 Å². The van der Waals surface area contributed by atoms with Crippen LogP contribution >= 0.6 is 20.7 Å². The van der Waals surface area contributed by atoms with Crippen molar-refractivity contribution in [2.75, 3.05) is 13.2 Å². The van der Waals surface area contributed by atoms with Crippen molar-refractivity contribution in [1.29, 1.82) is 0 Å². The first-order valence-corrected chi connectivity index (χ1v) is 6.78. The van der Waals surface area contributed by atoms with Gasteiger partial charge in [-0.25, -0.2) is 4.79 Å². The van der Waals surface area contributed by atoms with E-state index in [2.05, 4.69) is 0 Å². The number of hydrogen-bond donors (Lipinski definition) is 0. The van der Waals surface area contributed by atoms with Crippen LogP contribution in [0.3, 0.4) is 0 Å². The van der Waals surface area contributed by atoms with E-state index in [4.69, 9.17) is 9.47 Å². The molecule has 0 aliphatic carbocycles. The largest absolute Gasteiger partial charge is 0.462 e. The molecule has 0 atom stereocenters. The lowest BCUT2D eigenvalue weighted by atomic mass is 10.2. The van der Waals surface area contributed by atoms with Crippen molar-refractivity contribution in [2.45, 2.75) is 13.8 Å². The molecule has 0 aromatic rings. The standard InChI is InChI=1S/C10H13IO3/c1-3-13-9-7-8(5-6-11-9)10(12)14-4-2/h5-7H,3-4H2,1-2H3. The number of ether oxygens (including phenoxy) is 2. The molecule has 4 heteroatoms. The molecule has 0 saturated heterocycles. The van der Waals surface area contributed by atoms with E-state index in [0.717, 1.165) is 3.69 Å². The Morgan fingerprint density at radius 3 is 2.86 bits per heavy atom. The number of carbonyl (C=O) groups excluding carboxylic acids is 1. The zero-order valence-electron chi connectivity index (χ0n) is 8.25. The summed E-state index contributed by atoms with van der Waals surface area (Å²) in [6.07, 6.45) is 3.60. The van der Waals surface area contributed by atoms with Crippen molar-refractivity contribution < 1.29 is 14.3 Å². The van der Waals surface area contributed by atoms with Crippen LogP contribution in [-0.4, -0.2) is 22.9 Å². The Hall–Kier alpha value is -0.490. The molecule has 14 heavy (non-hydrogen) atoms. The van der Waals surface area contributed by atoms with Crippen molar-refractivity contribution in [2.24, 2.45) is 0 Å². The second kappa shape index (κ2) is 6.08. The van der Waals surface area contributed by atoms with Gasteiger partial charge in [0, 0.05) is 0 Å². The predicted octanol–water partition coefficient (Wildman–Crippen LogP) is 2.14. The Kier molecular flexibility index (Phi) is 5.03. The Bertz CT molecular complexity index is 302. The second-order valence-electron chi connectivity index (χ2n) is 2.46. The van der Waals surface area contributed by atoms with Crippen molar-refractivity contribution in [3.63, 3.8) is 0 Å². The minimum Gasteiger partial charge on any atom is -0.462 e. The van der Waals surface area contributed by atoms with Gasteiger partial charge in [-0.2, -0.15) is 0 Å². The Morgan fingerprint density at radius 1 is 1.43 bits per heavy atom. The number of carbonyl (C=O) groups is 1. The fraction of sp³-hybridized carbons (Fsp3) is 0.400. The van der Waals surface area contributed by atoms with Crippen LogP contribution in [0.2, 0.25) is 0 Å². The average Bonchev–Trinajstić information content (AvgIpc) is 2.19. The van der Waals surface area contributed by atoms with Crippen LogP contribution in [0.4, 0.5) is 0 Å². The van der Waals surface area contributed by atoms with Crippen molar-refractivity contribution >= 4 is 30.4 Å². The maximum atomic E-state index is 11.3. The minimum atomic E-state index is -0.273. The summed E-state index contributed by atoms with van der Waals surface area (Å²) < 4.78 is 13.2. The van der Waals surface area contributed by atoms with Gasteiger partial charge in [0.25, 0.3) is 0 Å². The molecular formula is C10H13IO3. The summed E-state index contributed by atoms with van der Waals surface area (Å²) in [6, 6.07) is 0. The molecule has 0 amide bonds. The second-order valence-corrected chi connectivity index (χ2v) is 4.86. The summed E-state index contributed by atoms with van der Waals surface area (Å²) in [5.41, 5.74) is 0.584. The summed E-state index contributed by atoms with van der Waals surface area (Å²) in [7, 11) is 0. The fourth-order valence-electron chi connectivity index (χ4n) is 0.916. The molecule has 0 aromatic heterocycles. The number of hydrogen-bond acceptors (Lipinski definition) is 3. The monoisotopic (exact) mass is 308 g/mol. The number of halogens is 1. The molecule has 0 radical (unpaired) electrons. The van der Waals surface area contributed by atoms with E-state index >= 15 is 0 Å². The Labute approximate surface area is 93.5 Å². The lowest BCUT2D eigenvalue weighted by Gasteiger charge is -2.07. The van der Waals surface area contributed by atoms with E-state index in [1.807, 2.05) is 17.1 Å². The zero-order valence-corrected chi connectivity index (χ0v) is 10.4. The molecule has 1 aliphatic heterocycles. The molecule has 78 valence electrons. The third kappa shape index (κ3) is 3.34. The smallest absolute Gasteiger partial charge is 0.338 e. The number of esters is 1. The molecule has 0 unspecified atom stereocenters. The van der Waals surface area contributed by atoms with Crippen LogP contribution < -0.4 is 0 Å². The summed E-state index contributed by atoms with van der Waals surface area (Å²) >= 11 is -0.190. The van der Waals surface area contributed by atoms with Gasteiger partial charge >= 0.3 is 5.97 Å². The summed E-state index contributed by atoms with van der Waals surface area (Å²) in [5, 5.41) is 0. The normalized spacial score (nSPS) is 15.3. The summed E-state index contributed by atoms with van der Waals surface area (Å²) in [6.45, 7) is 4.79. The van der Waals surface area contributed by atoms with Gasteiger partial charge in [-0.3, -0.25) is 0 Å². The summed E-state index contributed by atoms with van der Waals surface area (Å²) in [5.74, 6) is -0.273. The number of rotatable bonds is 4. The molecule has 0 saturated carbocycles. The molecule has 1 rings (SSSR count). The van der Waals surface area contributed by atoms with Gasteiger partial charge in [-0.15, -0.1) is 0 Å². The van der Waals surface area contributed by atoms with Crippen LogP contribution in [0.25, 0.3) is 0 Å². The van der Waals surface area contributed by atoms with Crippen molar-refractivity contribution in [3.05, 3.63) is 21.8 Å². The third-order valence-corrected chi connectivity index (χ3v) is 3.43. The lowest BCUT2D eigenvalue weighted by molar-refractivity contribution is -0.138. The van der Waals surface area contributed by atoms with E-state index in [1.54, 1.807) is 13.0 Å². The Balaban J connectivity index is 2.68. The highest BCUT2D eigenvalue weighted by molar-refractivity contribution is 14.2. The molecule has 1 aliphatic rings. The maximum Gasteiger partial charge on any atom is 0.338 e. The van der Waals surface area contributed by atoms with E-state index < -0.39 is 0 Å². The molecule has 0 fully saturated rings. The van der Waals surface area contributed by atoms with E-state index in [-0.39, 0.29) is 26.7 Å². The van der Waals surface area contributed by atoms with E-state index in [1.165, 1.54) is 0 Å². The topological polar surface area (TPSA) is 35.5 Å². The van der Waals surface area contributed by atoms with Gasteiger partial charge < -0.3 is 9.47 Å². The Morgan fingerprint density at radius 2 is 2.21 bits per heavy atom. The van der Waals surface area contributed by atoms with Crippen LogP contribution in [0.5, 0.6) is 0 Å². The van der Waals surface area contributed by atoms with Crippen LogP contribution in [0, 0.1) is 0 Å². The third-order valence-electron chi connectivity index (χ3n) is 1.48. The average molecular weight is 308 g/mol. The molecule has 0 bridgehead atoms. The quantitative estimate of drug-likeness (QED) is 0.590. The van der Waals surface area contributed by atoms with Gasteiger partial charge in [-0.05, 0) is 30.1 Å². The van der Waals surface area contributed by atoms with Gasteiger partial charge in [-0.1, -0.05) is 20.7 Å². The van der Waals surface area contributed by atoms with Gasteiger partial charge in [0.2, 0.25) is 0 Å². The van der Waals surface area contributed by atoms with E-state index in [9.17, 15) is 4.79 Å². The molecule has 0 spiro atoms. The van der Waals surface area contributed by atoms with Gasteiger partial charge in [0.05, 0.1) is 18.8 Å². The van der Waals surface area contributed by atoms with Gasteiger partial charge in [0.15, 0.2) is 0 Å². The molecule has 0 N–H and O–H groups in total.